The van der Waals surface area contributed by atoms with Crippen LogP contribution in [0.15, 0.2) is 54.7 Å². The molecule has 12 heteroatoms. The first kappa shape index (κ1) is 35.4. The number of carbonyl (C=O) groups excluding carboxylic acids is 4. The Hall–Kier alpha value is -4.45. The van der Waals surface area contributed by atoms with Crippen molar-refractivity contribution in [3.05, 3.63) is 83.2 Å². The van der Waals surface area contributed by atoms with Crippen molar-refractivity contribution in [1.82, 2.24) is 24.9 Å². The molecule has 4 rings (SSSR count). The molecule has 0 aliphatic carbocycles. The van der Waals surface area contributed by atoms with Crippen LogP contribution in [-0.4, -0.2) is 82.4 Å². The predicted molar refractivity (Wildman–Crippen MR) is 175 cm³/mol. The molecule has 1 fully saturated rings. The van der Waals surface area contributed by atoms with Crippen molar-refractivity contribution >= 4 is 29.2 Å². The molecule has 2 unspecified atom stereocenters. The number of nitrogens with one attached hydrogen (secondary N) is 2. The minimum absolute atomic E-state index is 0.0900. The molecule has 1 aliphatic rings. The summed E-state index contributed by atoms with van der Waals surface area (Å²) < 4.78 is 30.9. The number of rotatable bonds is 13. The van der Waals surface area contributed by atoms with Crippen molar-refractivity contribution in [2.24, 2.45) is 5.92 Å². The summed E-state index contributed by atoms with van der Waals surface area (Å²) in [6, 6.07) is 10.7. The van der Waals surface area contributed by atoms with E-state index in [1.165, 1.54) is 30.5 Å². The van der Waals surface area contributed by atoms with Gasteiger partial charge in [-0.25, -0.2) is 8.78 Å². The highest BCUT2D eigenvalue weighted by Crippen LogP contribution is 2.31. The standard InChI is InChI=1S/C35H44F2N6O4/c1-6-32(45)40-33(35(47)42-18-16-41(5)17-19-42)23(4)25-10-13-29(28(37)20-25)39-34(46)27(22(3)24-8-11-26(36)12-9-24)21-31(44)30-14-15-38-43(30)7-2/h8-15,20,22-23,27,33H,6-7,16-19,21H2,1-5H3,(H,39,46)(H,40,45)/t22?,23-,27?,33+/m0/s1. The molecule has 1 aromatic heterocycles. The molecular formula is C35H44F2N6O4. The van der Waals surface area contributed by atoms with Gasteiger partial charge in [-0.2, -0.15) is 5.10 Å². The molecule has 10 nitrogen and oxygen atoms in total. The van der Waals surface area contributed by atoms with E-state index in [-0.39, 0.29) is 36.1 Å². The summed E-state index contributed by atoms with van der Waals surface area (Å²) in [6.45, 7) is 10.0. The fourth-order valence-corrected chi connectivity index (χ4v) is 5.85. The van der Waals surface area contributed by atoms with E-state index in [9.17, 15) is 23.6 Å². The fourth-order valence-electron chi connectivity index (χ4n) is 5.85. The first-order valence-corrected chi connectivity index (χ1v) is 16.1. The molecule has 2 heterocycles. The predicted octanol–water partition coefficient (Wildman–Crippen LogP) is 4.58. The second kappa shape index (κ2) is 15.9. The van der Waals surface area contributed by atoms with Gasteiger partial charge in [-0.3, -0.25) is 23.9 Å². The molecular weight excluding hydrogens is 606 g/mol. The highest BCUT2D eigenvalue weighted by atomic mass is 19.1. The van der Waals surface area contributed by atoms with Crippen molar-refractivity contribution < 1.29 is 28.0 Å². The second-order valence-electron chi connectivity index (χ2n) is 12.2. The molecule has 0 spiro atoms. The Morgan fingerprint density at radius 2 is 1.55 bits per heavy atom. The number of amides is 3. The minimum Gasteiger partial charge on any atom is -0.344 e. The normalized spacial score (nSPS) is 16.2. The van der Waals surface area contributed by atoms with Crippen LogP contribution in [0.3, 0.4) is 0 Å². The molecule has 2 N–H and O–H groups in total. The Balaban J connectivity index is 1.56. The Morgan fingerprint density at radius 1 is 0.894 bits per heavy atom. The van der Waals surface area contributed by atoms with Crippen LogP contribution >= 0.6 is 0 Å². The lowest BCUT2D eigenvalue weighted by molar-refractivity contribution is -0.138. The largest absolute Gasteiger partial charge is 0.344 e. The number of carbonyl (C=O) groups is 4. The van der Waals surface area contributed by atoms with Crippen molar-refractivity contribution in [2.75, 3.05) is 38.5 Å². The zero-order valence-corrected chi connectivity index (χ0v) is 27.6. The molecule has 0 radical (unpaired) electrons. The number of hydrogen-bond donors (Lipinski definition) is 2. The van der Waals surface area contributed by atoms with E-state index in [0.717, 1.165) is 0 Å². The van der Waals surface area contributed by atoms with Gasteiger partial charge >= 0.3 is 0 Å². The van der Waals surface area contributed by atoms with Gasteiger partial charge in [0.25, 0.3) is 0 Å². The van der Waals surface area contributed by atoms with E-state index in [1.807, 2.05) is 14.0 Å². The van der Waals surface area contributed by atoms with Gasteiger partial charge in [0, 0.05) is 57.7 Å². The number of aromatic nitrogens is 2. The van der Waals surface area contributed by atoms with Crippen molar-refractivity contribution in [1.29, 1.82) is 0 Å². The van der Waals surface area contributed by atoms with Gasteiger partial charge in [0.05, 0.1) is 11.6 Å². The number of piperazine rings is 1. The molecule has 2 aromatic carbocycles. The van der Waals surface area contributed by atoms with Crippen LogP contribution in [0.4, 0.5) is 14.5 Å². The summed E-state index contributed by atoms with van der Waals surface area (Å²) in [7, 11) is 1.98. The number of ketones is 1. The van der Waals surface area contributed by atoms with Gasteiger partial charge < -0.3 is 20.4 Å². The summed E-state index contributed by atoms with van der Waals surface area (Å²) in [5, 5.41) is 9.63. The van der Waals surface area contributed by atoms with E-state index >= 15 is 4.39 Å². The number of Topliss-reactive ketones (excluding diaryl/α,β-unsaturated/α-hetero) is 1. The van der Waals surface area contributed by atoms with Crippen LogP contribution in [0.1, 0.15) is 74.0 Å². The van der Waals surface area contributed by atoms with Crippen LogP contribution in [-0.2, 0) is 20.9 Å². The average Bonchev–Trinajstić information content (AvgIpc) is 3.56. The lowest BCUT2D eigenvalue weighted by Crippen LogP contribution is -2.55. The van der Waals surface area contributed by atoms with Crippen LogP contribution in [0.2, 0.25) is 0 Å². The van der Waals surface area contributed by atoms with Crippen LogP contribution < -0.4 is 10.6 Å². The minimum atomic E-state index is -0.916. The molecule has 1 aliphatic heterocycles. The van der Waals surface area contributed by atoms with Crippen molar-refractivity contribution in [2.45, 2.75) is 65.0 Å². The second-order valence-corrected chi connectivity index (χ2v) is 12.2. The van der Waals surface area contributed by atoms with Crippen molar-refractivity contribution in [3.63, 3.8) is 0 Å². The topological polar surface area (TPSA) is 117 Å². The summed E-state index contributed by atoms with van der Waals surface area (Å²) in [5.74, 6) is -4.52. The van der Waals surface area contributed by atoms with Crippen LogP contribution in [0.5, 0.6) is 0 Å². The molecule has 0 bridgehead atoms. The van der Waals surface area contributed by atoms with E-state index in [4.69, 9.17) is 0 Å². The molecule has 47 heavy (non-hydrogen) atoms. The third-order valence-electron chi connectivity index (χ3n) is 9.04. The number of nitrogens with zero attached hydrogens (tertiary/aromatic N) is 4. The highest BCUT2D eigenvalue weighted by Gasteiger charge is 2.34. The van der Waals surface area contributed by atoms with Gasteiger partial charge in [0.15, 0.2) is 5.78 Å². The monoisotopic (exact) mass is 650 g/mol. The third-order valence-corrected chi connectivity index (χ3v) is 9.04. The maximum atomic E-state index is 15.7. The number of benzene rings is 2. The first-order valence-electron chi connectivity index (χ1n) is 16.1. The van der Waals surface area contributed by atoms with E-state index in [2.05, 4.69) is 20.6 Å². The molecule has 3 amide bonds. The Kier molecular flexibility index (Phi) is 12.0. The lowest BCUT2D eigenvalue weighted by atomic mass is 9.83. The first-order chi connectivity index (χ1) is 22.4. The van der Waals surface area contributed by atoms with Gasteiger partial charge in [-0.05, 0) is 61.3 Å². The van der Waals surface area contributed by atoms with Crippen LogP contribution in [0, 0.1) is 17.6 Å². The van der Waals surface area contributed by atoms with Gasteiger partial charge in [0.2, 0.25) is 17.7 Å². The Labute approximate surface area is 274 Å². The molecule has 0 saturated carbocycles. The molecule has 4 atom stereocenters. The molecule has 1 saturated heterocycles. The van der Waals surface area contributed by atoms with E-state index in [1.54, 1.807) is 54.6 Å². The third kappa shape index (κ3) is 8.68. The molecule has 252 valence electrons. The summed E-state index contributed by atoms with van der Waals surface area (Å²) >= 11 is 0. The number of aryl methyl sites for hydroxylation is 1. The number of hydrogen-bond acceptors (Lipinski definition) is 6. The number of anilines is 1. The number of likely N-dealkylation sites (N-methyl/N-ethyl adjacent to an activating group) is 1. The Bertz CT molecular complexity index is 1570. The van der Waals surface area contributed by atoms with Gasteiger partial charge in [0.1, 0.15) is 23.4 Å². The maximum absolute atomic E-state index is 15.7. The van der Waals surface area contributed by atoms with Gasteiger partial charge in [-0.15, -0.1) is 0 Å². The average molecular weight is 651 g/mol. The molecule has 3 aromatic rings. The summed E-state index contributed by atoms with van der Waals surface area (Å²) in [5.41, 5.74) is 1.40. The number of halogens is 2. The van der Waals surface area contributed by atoms with Gasteiger partial charge in [-0.1, -0.05) is 39.0 Å². The zero-order chi connectivity index (χ0) is 34.2. The summed E-state index contributed by atoms with van der Waals surface area (Å²) in [6.07, 6.45) is 1.53. The zero-order valence-electron chi connectivity index (χ0n) is 27.6. The fraction of sp³-hybridized carbons (Fsp3) is 0.457. The quantitative estimate of drug-likeness (QED) is 0.262. The maximum Gasteiger partial charge on any atom is 0.245 e. The lowest BCUT2D eigenvalue weighted by Gasteiger charge is -2.36. The summed E-state index contributed by atoms with van der Waals surface area (Å²) in [4.78, 5) is 56.9. The van der Waals surface area contributed by atoms with E-state index < -0.39 is 41.3 Å². The highest BCUT2D eigenvalue weighted by molar-refractivity contribution is 6.00. The van der Waals surface area contributed by atoms with Crippen LogP contribution in [0.25, 0.3) is 0 Å². The SMILES string of the molecule is CCC(=O)N[C@@H](C(=O)N1CCN(C)CC1)[C@@H](C)c1ccc(NC(=O)C(CC(=O)c2ccnn2CC)C(C)c2ccc(F)cc2)c(F)c1. The van der Waals surface area contributed by atoms with Crippen molar-refractivity contribution in [3.8, 4) is 0 Å². The Morgan fingerprint density at radius 3 is 2.17 bits per heavy atom. The smallest absolute Gasteiger partial charge is 0.245 e. The van der Waals surface area contributed by atoms with E-state index in [0.29, 0.717) is 49.5 Å².